The van der Waals surface area contributed by atoms with Gasteiger partial charge in [0.1, 0.15) is 0 Å². The fraction of sp³-hybridized carbons (Fsp3) is 0.250. The minimum Gasteiger partial charge on any atom is -0.399 e. The number of rotatable bonds is 5. The highest BCUT2D eigenvalue weighted by Crippen LogP contribution is 2.12. The molecule has 0 aliphatic heterocycles. The van der Waals surface area contributed by atoms with Crippen LogP contribution >= 0.6 is 0 Å². The van der Waals surface area contributed by atoms with Gasteiger partial charge < -0.3 is 11.1 Å². The van der Waals surface area contributed by atoms with Crippen LogP contribution in [0.15, 0.2) is 48.8 Å². The van der Waals surface area contributed by atoms with Crippen LogP contribution in [0, 0.1) is 0 Å². The third kappa shape index (κ3) is 4.29. The van der Waals surface area contributed by atoms with Gasteiger partial charge in [0.25, 0.3) is 0 Å². The van der Waals surface area contributed by atoms with Crippen LogP contribution in [0.25, 0.3) is 0 Å². The number of carbonyl (C=O) groups excluding carboxylic acids is 1. The Balaban J connectivity index is 1.93. The van der Waals surface area contributed by atoms with Crippen LogP contribution in [0.1, 0.15) is 12.5 Å². The van der Waals surface area contributed by atoms with Crippen molar-refractivity contribution in [3.63, 3.8) is 0 Å². The predicted octanol–water partition coefficient (Wildman–Crippen LogP) is 2.12. The Hall–Kier alpha value is -2.40. The van der Waals surface area contributed by atoms with E-state index in [0.29, 0.717) is 12.2 Å². The number of nitrogens with one attached hydrogen (secondary N) is 1. The molecular formula is C16H20N4O. The molecule has 1 aromatic heterocycles. The number of nitrogens with zero attached hydrogens (tertiary/aromatic N) is 2. The standard InChI is InChI=1S/C16H20N4O/c1-12(20(2)11-13-4-3-9-18-10-13)16(21)19-15-7-5-14(17)6-8-15/h3-10,12H,11,17H2,1-2H3,(H,19,21). The first-order valence-electron chi connectivity index (χ1n) is 6.82. The molecule has 0 aliphatic carbocycles. The van der Waals surface area contributed by atoms with E-state index in [1.54, 1.807) is 36.7 Å². The number of hydrogen-bond acceptors (Lipinski definition) is 4. The molecule has 0 spiro atoms. The Bertz CT molecular complexity index is 583. The van der Waals surface area contributed by atoms with Gasteiger partial charge in [0.15, 0.2) is 0 Å². The largest absolute Gasteiger partial charge is 0.399 e. The average Bonchev–Trinajstić information content (AvgIpc) is 2.49. The van der Waals surface area contributed by atoms with E-state index in [0.717, 1.165) is 11.3 Å². The second kappa shape index (κ2) is 6.85. The summed E-state index contributed by atoms with van der Waals surface area (Å²) >= 11 is 0. The Kier molecular flexibility index (Phi) is 4.90. The molecule has 5 heteroatoms. The summed E-state index contributed by atoms with van der Waals surface area (Å²) in [4.78, 5) is 18.3. The molecule has 0 fully saturated rings. The van der Waals surface area contributed by atoms with Crippen molar-refractivity contribution in [3.8, 4) is 0 Å². The molecule has 1 amide bonds. The summed E-state index contributed by atoms with van der Waals surface area (Å²) in [5, 5.41) is 2.88. The highest BCUT2D eigenvalue weighted by Gasteiger charge is 2.18. The molecule has 3 N–H and O–H groups in total. The van der Waals surface area contributed by atoms with Crippen molar-refractivity contribution in [2.24, 2.45) is 0 Å². The van der Waals surface area contributed by atoms with Crippen molar-refractivity contribution in [1.82, 2.24) is 9.88 Å². The molecule has 0 bridgehead atoms. The lowest BCUT2D eigenvalue weighted by Gasteiger charge is -2.23. The quantitative estimate of drug-likeness (QED) is 0.825. The van der Waals surface area contributed by atoms with Crippen molar-refractivity contribution in [1.29, 1.82) is 0 Å². The number of nitrogens with two attached hydrogens (primary N) is 1. The molecule has 0 saturated heterocycles. The van der Waals surface area contributed by atoms with E-state index in [1.165, 1.54) is 0 Å². The number of anilines is 2. The summed E-state index contributed by atoms with van der Waals surface area (Å²) in [6.07, 6.45) is 3.54. The first kappa shape index (κ1) is 15.0. The number of benzene rings is 1. The highest BCUT2D eigenvalue weighted by molar-refractivity contribution is 5.94. The van der Waals surface area contributed by atoms with Crippen LogP contribution < -0.4 is 11.1 Å². The second-order valence-corrected chi connectivity index (χ2v) is 5.06. The smallest absolute Gasteiger partial charge is 0.241 e. The van der Waals surface area contributed by atoms with Gasteiger partial charge in [-0.2, -0.15) is 0 Å². The van der Waals surface area contributed by atoms with Crippen LogP contribution in [0.3, 0.4) is 0 Å². The zero-order chi connectivity index (χ0) is 15.2. The average molecular weight is 284 g/mol. The molecule has 5 nitrogen and oxygen atoms in total. The number of amides is 1. The van der Waals surface area contributed by atoms with Crippen LogP contribution in [-0.2, 0) is 11.3 Å². The molecule has 0 saturated carbocycles. The van der Waals surface area contributed by atoms with E-state index in [4.69, 9.17) is 5.73 Å². The Labute approximate surface area is 124 Å². The number of nitrogen functional groups attached to an aromatic ring is 1. The number of hydrogen-bond donors (Lipinski definition) is 2. The summed E-state index contributed by atoms with van der Waals surface area (Å²) in [7, 11) is 1.92. The molecule has 2 aromatic rings. The minimum atomic E-state index is -0.247. The zero-order valence-electron chi connectivity index (χ0n) is 12.3. The lowest BCUT2D eigenvalue weighted by Crippen LogP contribution is -2.39. The maximum absolute atomic E-state index is 12.2. The maximum Gasteiger partial charge on any atom is 0.241 e. The van der Waals surface area contributed by atoms with E-state index >= 15 is 0 Å². The Morgan fingerprint density at radius 1 is 1.33 bits per heavy atom. The van der Waals surface area contributed by atoms with Gasteiger partial charge >= 0.3 is 0 Å². The molecule has 1 atom stereocenters. The summed E-state index contributed by atoms with van der Waals surface area (Å²) in [5.74, 6) is -0.0499. The predicted molar refractivity (Wildman–Crippen MR) is 84.7 cm³/mol. The molecule has 110 valence electrons. The summed E-state index contributed by atoms with van der Waals surface area (Å²) in [6, 6.07) is 10.8. The molecule has 2 rings (SSSR count). The molecule has 0 radical (unpaired) electrons. The molecule has 1 aromatic carbocycles. The topological polar surface area (TPSA) is 71.2 Å². The van der Waals surface area contributed by atoms with Gasteiger partial charge in [-0.1, -0.05) is 6.07 Å². The lowest BCUT2D eigenvalue weighted by atomic mass is 10.2. The molecular weight excluding hydrogens is 264 g/mol. The first-order valence-corrected chi connectivity index (χ1v) is 6.82. The zero-order valence-corrected chi connectivity index (χ0v) is 12.3. The number of likely N-dealkylation sites (N-methyl/N-ethyl adjacent to an activating group) is 1. The van der Waals surface area contributed by atoms with Gasteiger partial charge in [0.2, 0.25) is 5.91 Å². The van der Waals surface area contributed by atoms with Crippen molar-refractivity contribution >= 4 is 17.3 Å². The summed E-state index contributed by atoms with van der Waals surface area (Å²) < 4.78 is 0. The Morgan fingerprint density at radius 3 is 2.67 bits per heavy atom. The van der Waals surface area contributed by atoms with Gasteiger partial charge in [-0.15, -0.1) is 0 Å². The van der Waals surface area contributed by atoms with E-state index < -0.39 is 0 Å². The molecule has 1 unspecified atom stereocenters. The summed E-state index contributed by atoms with van der Waals surface area (Å²) in [5.41, 5.74) is 8.12. The van der Waals surface area contributed by atoms with E-state index in [1.807, 2.05) is 31.0 Å². The SMILES string of the molecule is CC(C(=O)Nc1ccc(N)cc1)N(C)Cc1cccnc1. The first-order chi connectivity index (χ1) is 10.1. The van der Waals surface area contributed by atoms with Crippen LogP contribution in [0.4, 0.5) is 11.4 Å². The molecule has 21 heavy (non-hydrogen) atoms. The minimum absolute atomic E-state index is 0.0499. The van der Waals surface area contributed by atoms with E-state index in [2.05, 4.69) is 10.3 Å². The number of carbonyl (C=O) groups is 1. The van der Waals surface area contributed by atoms with Crippen LogP contribution in [0.5, 0.6) is 0 Å². The fourth-order valence-electron chi connectivity index (χ4n) is 1.93. The normalized spacial score (nSPS) is 12.1. The molecule has 0 aliphatic rings. The fourth-order valence-corrected chi connectivity index (χ4v) is 1.93. The van der Waals surface area contributed by atoms with Gasteiger partial charge in [-0.25, -0.2) is 0 Å². The van der Waals surface area contributed by atoms with Gasteiger partial charge in [0.05, 0.1) is 6.04 Å². The maximum atomic E-state index is 12.2. The second-order valence-electron chi connectivity index (χ2n) is 5.06. The van der Waals surface area contributed by atoms with Crippen LogP contribution in [-0.4, -0.2) is 28.9 Å². The van der Waals surface area contributed by atoms with E-state index in [-0.39, 0.29) is 11.9 Å². The molecule has 1 heterocycles. The third-order valence-corrected chi connectivity index (χ3v) is 3.37. The van der Waals surface area contributed by atoms with E-state index in [9.17, 15) is 4.79 Å². The monoisotopic (exact) mass is 284 g/mol. The highest BCUT2D eigenvalue weighted by atomic mass is 16.2. The lowest BCUT2D eigenvalue weighted by molar-refractivity contribution is -0.120. The van der Waals surface area contributed by atoms with Crippen molar-refractivity contribution < 1.29 is 4.79 Å². The number of pyridine rings is 1. The van der Waals surface area contributed by atoms with Crippen molar-refractivity contribution in [2.75, 3.05) is 18.1 Å². The third-order valence-electron chi connectivity index (χ3n) is 3.37. The van der Waals surface area contributed by atoms with Gasteiger partial charge in [0, 0.05) is 30.3 Å². The number of aromatic nitrogens is 1. The van der Waals surface area contributed by atoms with Gasteiger partial charge in [-0.05, 0) is 49.9 Å². The Morgan fingerprint density at radius 2 is 2.05 bits per heavy atom. The summed E-state index contributed by atoms with van der Waals surface area (Å²) in [6.45, 7) is 2.55. The van der Waals surface area contributed by atoms with Crippen molar-refractivity contribution in [3.05, 3.63) is 54.4 Å². The van der Waals surface area contributed by atoms with Crippen molar-refractivity contribution in [2.45, 2.75) is 19.5 Å². The van der Waals surface area contributed by atoms with Gasteiger partial charge in [-0.3, -0.25) is 14.7 Å². The van der Waals surface area contributed by atoms with Crippen LogP contribution in [0.2, 0.25) is 0 Å².